The van der Waals surface area contributed by atoms with Crippen molar-refractivity contribution in [1.29, 1.82) is 0 Å². The topological polar surface area (TPSA) is 84.2 Å². The van der Waals surface area contributed by atoms with E-state index in [1.165, 1.54) is 25.5 Å². The average molecular weight is 393 g/mol. The highest BCUT2D eigenvalue weighted by molar-refractivity contribution is 6.09. The van der Waals surface area contributed by atoms with Gasteiger partial charge in [-0.05, 0) is 30.7 Å². The standard InChI is InChI=1S/C23H27N3O3/c1-2-3-4-5-6-9-15-26-19-13-8-7-12-18(19)21(27)20(23(26)29)22(28)25-17-11-10-14-24-16-17/h7-8,10-14,16,27H,2-6,9,15H2,1H3,(H,25,28). The molecule has 3 aromatic rings. The second-order valence-corrected chi connectivity index (χ2v) is 7.16. The van der Waals surface area contributed by atoms with Crippen molar-refractivity contribution in [3.8, 4) is 5.75 Å². The minimum Gasteiger partial charge on any atom is -0.506 e. The summed E-state index contributed by atoms with van der Waals surface area (Å²) in [5.74, 6) is -0.922. The number of para-hydroxylation sites is 1. The van der Waals surface area contributed by atoms with E-state index >= 15 is 0 Å². The summed E-state index contributed by atoms with van der Waals surface area (Å²) < 4.78 is 1.60. The smallest absolute Gasteiger partial charge is 0.267 e. The summed E-state index contributed by atoms with van der Waals surface area (Å²) in [5, 5.41) is 13.8. The molecule has 1 aromatic carbocycles. The molecular weight excluding hydrogens is 366 g/mol. The van der Waals surface area contributed by atoms with E-state index in [0.717, 1.165) is 19.3 Å². The van der Waals surface area contributed by atoms with E-state index in [9.17, 15) is 14.7 Å². The fourth-order valence-corrected chi connectivity index (χ4v) is 3.50. The van der Waals surface area contributed by atoms with Crippen molar-refractivity contribution in [2.45, 2.75) is 52.0 Å². The van der Waals surface area contributed by atoms with Gasteiger partial charge in [-0.25, -0.2) is 0 Å². The number of nitrogens with one attached hydrogen (secondary N) is 1. The average Bonchev–Trinajstić information content (AvgIpc) is 2.73. The van der Waals surface area contributed by atoms with Crippen LogP contribution in [0.25, 0.3) is 10.9 Å². The van der Waals surface area contributed by atoms with E-state index in [1.807, 2.05) is 6.07 Å². The molecule has 2 aromatic heterocycles. The summed E-state index contributed by atoms with van der Waals surface area (Å²) >= 11 is 0. The van der Waals surface area contributed by atoms with Gasteiger partial charge in [0.25, 0.3) is 11.5 Å². The molecule has 0 atom stereocenters. The SMILES string of the molecule is CCCCCCCCn1c(=O)c(C(=O)Nc2cccnc2)c(O)c2ccccc21. The van der Waals surface area contributed by atoms with Crippen molar-refractivity contribution in [1.82, 2.24) is 9.55 Å². The van der Waals surface area contributed by atoms with Gasteiger partial charge < -0.3 is 15.0 Å². The summed E-state index contributed by atoms with van der Waals surface area (Å²) in [6.07, 6.45) is 9.70. The van der Waals surface area contributed by atoms with E-state index in [1.54, 1.807) is 41.1 Å². The van der Waals surface area contributed by atoms with Gasteiger partial charge in [0, 0.05) is 18.1 Å². The molecule has 0 aliphatic rings. The summed E-state index contributed by atoms with van der Waals surface area (Å²) in [6, 6.07) is 10.5. The third-order valence-electron chi connectivity index (χ3n) is 5.03. The first-order valence-corrected chi connectivity index (χ1v) is 10.2. The lowest BCUT2D eigenvalue weighted by Crippen LogP contribution is -2.30. The van der Waals surface area contributed by atoms with E-state index in [4.69, 9.17) is 0 Å². The summed E-state index contributed by atoms with van der Waals surface area (Å²) in [5.41, 5.74) is 0.392. The normalized spacial score (nSPS) is 10.9. The van der Waals surface area contributed by atoms with E-state index < -0.39 is 11.5 Å². The van der Waals surface area contributed by atoms with Crippen LogP contribution in [0.15, 0.2) is 53.6 Å². The van der Waals surface area contributed by atoms with E-state index in [0.29, 0.717) is 23.1 Å². The quantitative estimate of drug-likeness (QED) is 0.516. The van der Waals surface area contributed by atoms with Gasteiger partial charge in [0.05, 0.1) is 17.4 Å². The van der Waals surface area contributed by atoms with Gasteiger partial charge >= 0.3 is 0 Å². The summed E-state index contributed by atoms with van der Waals surface area (Å²) in [7, 11) is 0. The molecule has 0 radical (unpaired) electrons. The van der Waals surface area contributed by atoms with E-state index in [-0.39, 0.29) is 11.3 Å². The minimum absolute atomic E-state index is 0.237. The molecule has 6 nitrogen and oxygen atoms in total. The summed E-state index contributed by atoms with van der Waals surface area (Å²) in [6.45, 7) is 2.69. The predicted molar refractivity (Wildman–Crippen MR) is 115 cm³/mol. The van der Waals surface area contributed by atoms with Gasteiger partial charge in [-0.3, -0.25) is 14.6 Å². The number of aromatic nitrogens is 2. The van der Waals surface area contributed by atoms with Gasteiger partial charge in [-0.1, -0.05) is 51.2 Å². The number of amides is 1. The number of benzene rings is 1. The van der Waals surface area contributed by atoms with Crippen LogP contribution in [0, 0.1) is 0 Å². The molecule has 2 N–H and O–H groups in total. The number of hydrogen-bond donors (Lipinski definition) is 2. The van der Waals surface area contributed by atoms with Crippen LogP contribution < -0.4 is 10.9 Å². The number of carbonyl (C=O) groups excluding carboxylic acids is 1. The monoisotopic (exact) mass is 393 g/mol. The number of aryl methyl sites for hydroxylation is 1. The summed E-state index contributed by atoms with van der Waals surface area (Å²) in [4.78, 5) is 29.9. The number of fused-ring (bicyclic) bond motifs is 1. The van der Waals surface area contributed by atoms with Gasteiger partial charge in [-0.15, -0.1) is 0 Å². The van der Waals surface area contributed by atoms with Crippen LogP contribution in [0.2, 0.25) is 0 Å². The molecule has 0 unspecified atom stereocenters. The molecule has 6 heteroatoms. The molecule has 0 bridgehead atoms. The maximum atomic E-state index is 13.1. The number of carbonyl (C=O) groups is 1. The number of hydrogen-bond acceptors (Lipinski definition) is 4. The van der Waals surface area contributed by atoms with Crippen molar-refractivity contribution in [3.63, 3.8) is 0 Å². The van der Waals surface area contributed by atoms with Gasteiger partial charge in [0.1, 0.15) is 11.3 Å². The zero-order valence-corrected chi connectivity index (χ0v) is 16.7. The lowest BCUT2D eigenvalue weighted by molar-refractivity contribution is 0.102. The molecule has 0 fully saturated rings. The molecule has 1 amide bonds. The number of rotatable bonds is 9. The number of anilines is 1. The van der Waals surface area contributed by atoms with Crippen LogP contribution in [0.3, 0.4) is 0 Å². The van der Waals surface area contributed by atoms with Crippen LogP contribution >= 0.6 is 0 Å². The first-order chi connectivity index (χ1) is 14.1. The van der Waals surface area contributed by atoms with Crippen LogP contribution in [-0.2, 0) is 6.54 Å². The Morgan fingerprint density at radius 3 is 2.59 bits per heavy atom. The number of pyridine rings is 2. The Hall–Kier alpha value is -3.15. The molecule has 3 rings (SSSR count). The Morgan fingerprint density at radius 1 is 1.07 bits per heavy atom. The fraction of sp³-hybridized carbons (Fsp3) is 0.348. The zero-order valence-electron chi connectivity index (χ0n) is 16.7. The lowest BCUT2D eigenvalue weighted by atomic mass is 10.1. The third kappa shape index (κ3) is 4.83. The number of aromatic hydroxyl groups is 1. The predicted octanol–water partition coefficient (Wildman–Crippen LogP) is 4.71. The molecule has 2 heterocycles. The van der Waals surface area contributed by atoms with Crippen LogP contribution in [0.4, 0.5) is 5.69 Å². The Kier molecular flexibility index (Phi) is 7.00. The highest BCUT2D eigenvalue weighted by atomic mass is 16.3. The fourth-order valence-electron chi connectivity index (χ4n) is 3.50. The van der Waals surface area contributed by atoms with Crippen molar-refractivity contribution >= 4 is 22.5 Å². The van der Waals surface area contributed by atoms with Crippen LogP contribution in [0.1, 0.15) is 55.8 Å². The van der Waals surface area contributed by atoms with Crippen molar-refractivity contribution in [2.24, 2.45) is 0 Å². The molecule has 0 aliphatic carbocycles. The molecule has 0 saturated heterocycles. The van der Waals surface area contributed by atoms with Gasteiger partial charge in [-0.2, -0.15) is 0 Å². The molecule has 152 valence electrons. The molecule has 29 heavy (non-hydrogen) atoms. The second kappa shape index (κ2) is 9.87. The van der Waals surface area contributed by atoms with Gasteiger partial charge in [0.2, 0.25) is 0 Å². The first-order valence-electron chi connectivity index (χ1n) is 10.2. The van der Waals surface area contributed by atoms with Crippen molar-refractivity contribution in [3.05, 3.63) is 64.7 Å². The molecule has 0 spiro atoms. The Balaban J connectivity index is 1.91. The van der Waals surface area contributed by atoms with Gasteiger partial charge in [0.15, 0.2) is 0 Å². The number of unbranched alkanes of at least 4 members (excludes halogenated alkanes) is 5. The largest absolute Gasteiger partial charge is 0.506 e. The highest BCUT2D eigenvalue weighted by Crippen LogP contribution is 2.27. The Labute approximate surface area is 170 Å². The second-order valence-electron chi connectivity index (χ2n) is 7.16. The Bertz CT molecular complexity index is 1030. The van der Waals surface area contributed by atoms with Crippen molar-refractivity contribution in [2.75, 3.05) is 5.32 Å². The highest BCUT2D eigenvalue weighted by Gasteiger charge is 2.22. The zero-order chi connectivity index (χ0) is 20.6. The maximum Gasteiger partial charge on any atom is 0.267 e. The van der Waals surface area contributed by atoms with E-state index in [2.05, 4.69) is 17.2 Å². The van der Waals surface area contributed by atoms with Crippen LogP contribution in [-0.4, -0.2) is 20.6 Å². The van der Waals surface area contributed by atoms with Crippen LogP contribution in [0.5, 0.6) is 5.75 Å². The van der Waals surface area contributed by atoms with Crippen molar-refractivity contribution < 1.29 is 9.90 Å². The minimum atomic E-state index is -0.636. The third-order valence-corrected chi connectivity index (χ3v) is 5.03. The Morgan fingerprint density at radius 2 is 1.83 bits per heavy atom. The number of nitrogens with zero attached hydrogens (tertiary/aromatic N) is 2. The lowest BCUT2D eigenvalue weighted by Gasteiger charge is -2.15. The molecule has 0 aliphatic heterocycles. The maximum absolute atomic E-state index is 13.1. The molecule has 0 saturated carbocycles. The first kappa shape index (κ1) is 20.6. The molecular formula is C23H27N3O3.